The summed E-state index contributed by atoms with van der Waals surface area (Å²) in [5.74, 6) is -4.28. The third-order valence-corrected chi connectivity index (χ3v) is 1.89. The number of nitrogens with zero attached hydrogens (tertiary/aromatic N) is 1. The van der Waals surface area contributed by atoms with Gasteiger partial charge < -0.3 is 5.11 Å². The van der Waals surface area contributed by atoms with Crippen molar-refractivity contribution in [2.45, 2.75) is 30.5 Å². The van der Waals surface area contributed by atoms with Crippen molar-refractivity contribution in [3.05, 3.63) is 0 Å². The van der Waals surface area contributed by atoms with E-state index in [1.54, 1.807) is 0 Å². The van der Waals surface area contributed by atoms with Gasteiger partial charge in [-0.1, -0.05) is 4.90 Å². The first-order valence-corrected chi connectivity index (χ1v) is 4.12. The zero-order chi connectivity index (χ0) is 17.7. The zero-order valence-corrected chi connectivity index (χ0v) is 9.25. The van der Waals surface area contributed by atoms with E-state index in [0.717, 1.165) is 0 Å². The van der Waals surface area contributed by atoms with Crippen molar-refractivity contribution in [2.24, 2.45) is 0 Å². The molecule has 0 aliphatic heterocycles. The SMILES string of the molecule is F.O=C(O)C(F)(C(F)(F)F)C(F)(F)N(C(F)(F)F)C(F)(F)F. The number of rotatable bonds is 3. The molecule has 3 nitrogen and oxygen atoms in total. The van der Waals surface area contributed by atoms with Gasteiger partial charge in [-0.3, -0.25) is 4.70 Å². The molecular weight excluding hydrogens is 365 g/mol. The molecule has 0 aliphatic carbocycles. The lowest BCUT2D eigenvalue weighted by atomic mass is 10.0. The maximum atomic E-state index is 13.0. The van der Waals surface area contributed by atoms with E-state index in [-0.39, 0.29) is 4.70 Å². The van der Waals surface area contributed by atoms with Crippen molar-refractivity contribution in [3.63, 3.8) is 0 Å². The maximum absolute atomic E-state index is 13.0. The van der Waals surface area contributed by atoms with Gasteiger partial charge in [-0.05, 0) is 0 Å². The van der Waals surface area contributed by atoms with Crippen LogP contribution in [0.2, 0.25) is 0 Å². The molecule has 22 heavy (non-hydrogen) atoms. The Balaban J connectivity index is 0. The summed E-state index contributed by atoms with van der Waals surface area (Å²) in [4.78, 5) is 5.86. The molecule has 0 bridgehead atoms. The van der Waals surface area contributed by atoms with Gasteiger partial charge in [0.05, 0.1) is 0 Å². The third-order valence-electron chi connectivity index (χ3n) is 1.89. The number of hydrogen-bond donors (Lipinski definition) is 1. The van der Waals surface area contributed by atoms with Crippen LogP contribution in [0.15, 0.2) is 0 Å². The molecule has 134 valence electrons. The van der Waals surface area contributed by atoms with Crippen LogP contribution in [0.3, 0.4) is 0 Å². The summed E-state index contributed by atoms with van der Waals surface area (Å²) < 4.78 is 146. The van der Waals surface area contributed by atoms with Gasteiger partial charge in [-0.2, -0.15) is 48.3 Å². The Morgan fingerprint density at radius 3 is 1.14 bits per heavy atom. The summed E-state index contributed by atoms with van der Waals surface area (Å²) in [6.07, 6.45) is -21.8. The van der Waals surface area contributed by atoms with Crippen LogP contribution in [-0.4, -0.2) is 46.5 Å². The molecule has 0 amide bonds. The second kappa shape index (κ2) is 5.62. The average Bonchev–Trinajstić information content (AvgIpc) is 2.07. The van der Waals surface area contributed by atoms with Gasteiger partial charge in [0.15, 0.2) is 0 Å². The predicted molar refractivity (Wildman–Crippen MR) is 38.9 cm³/mol. The van der Waals surface area contributed by atoms with Crippen molar-refractivity contribution in [2.75, 3.05) is 0 Å². The standard InChI is InChI=1S/C6HF12NO2.FH/c7-2(1(20)21,3(8,9)10)4(11,12)19(5(13,14)15)6(16,17)18;/h(H,20,21);1H. The van der Waals surface area contributed by atoms with Gasteiger partial charge >= 0.3 is 36.5 Å². The molecule has 0 heterocycles. The molecule has 0 aromatic carbocycles. The van der Waals surface area contributed by atoms with Crippen LogP contribution in [0.1, 0.15) is 0 Å². The fourth-order valence-corrected chi connectivity index (χ4v) is 1.04. The van der Waals surface area contributed by atoms with Gasteiger partial charge in [0, 0.05) is 0 Å². The highest BCUT2D eigenvalue weighted by Crippen LogP contribution is 2.53. The van der Waals surface area contributed by atoms with E-state index in [1.807, 2.05) is 0 Å². The van der Waals surface area contributed by atoms with Crippen LogP contribution >= 0.6 is 0 Å². The van der Waals surface area contributed by atoms with Gasteiger partial charge in [-0.25, -0.2) is 9.18 Å². The number of carboxylic acid groups (broad SMARTS) is 1. The Morgan fingerprint density at radius 2 is 1.00 bits per heavy atom. The summed E-state index contributed by atoms with van der Waals surface area (Å²) in [5, 5.41) is 7.75. The Morgan fingerprint density at radius 1 is 0.727 bits per heavy atom. The summed E-state index contributed by atoms with van der Waals surface area (Å²) in [7, 11) is 0. The number of carbonyl (C=O) groups is 1. The molecule has 0 radical (unpaired) electrons. The molecule has 16 heteroatoms. The predicted octanol–water partition coefficient (Wildman–Crippen LogP) is 3.43. The zero-order valence-electron chi connectivity index (χ0n) is 9.25. The minimum absolute atomic E-state index is 0. The molecule has 0 rings (SSSR count). The molecule has 0 aliphatic rings. The minimum atomic E-state index is -7.56. The number of halogens is 13. The third kappa shape index (κ3) is 3.46. The smallest absolute Gasteiger partial charge is 0.472 e. The molecule has 0 saturated heterocycles. The van der Waals surface area contributed by atoms with Gasteiger partial charge in [-0.15, -0.1) is 0 Å². The van der Waals surface area contributed by atoms with E-state index < -0.39 is 41.4 Å². The Kier molecular flexibility index (Phi) is 5.82. The highest BCUT2D eigenvalue weighted by Gasteiger charge is 2.84. The van der Waals surface area contributed by atoms with E-state index in [4.69, 9.17) is 5.11 Å². The lowest BCUT2D eigenvalue weighted by Gasteiger charge is -2.39. The Bertz CT molecular complexity index is 394. The summed E-state index contributed by atoms with van der Waals surface area (Å²) in [6, 6.07) is -7.56. The topological polar surface area (TPSA) is 40.5 Å². The molecule has 0 saturated carbocycles. The number of alkyl halides is 12. The van der Waals surface area contributed by atoms with Crippen LogP contribution < -0.4 is 0 Å². The molecule has 0 spiro atoms. The van der Waals surface area contributed by atoms with Crippen LogP contribution in [-0.2, 0) is 4.79 Å². The molecular formula is C6H2F13NO2. The Labute approximate surface area is 110 Å². The fraction of sp³-hybridized carbons (Fsp3) is 0.833. The Hall–Kier alpha value is -1.48. The minimum Gasteiger partial charge on any atom is -0.478 e. The molecule has 1 atom stereocenters. The van der Waals surface area contributed by atoms with E-state index in [9.17, 15) is 57.5 Å². The monoisotopic (exact) mass is 367 g/mol. The lowest BCUT2D eigenvalue weighted by molar-refractivity contribution is -0.469. The van der Waals surface area contributed by atoms with Gasteiger partial charge in [0.2, 0.25) is 0 Å². The summed E-state index contributed by atoms with van der Waals surface area (Å²) >= 11 is 0. The van der Waals surface area contributed by atoms with Gasteiger partial charge in [0.25, 0.3) is 0 Å². The van der Waals surface area contributed by atoms with E-state index >= 15 is 0 Å². The highest BCUT2D eigenvalue weighted by atomic mass is 19.4. The lowest BCUT2D eigenvalue weighted by Crippen LogP contribution is -2.72. The highest BCUT2D eigenvalue weighted by molar-refractivity contribution is 5.80. The first-order valence-electron chi connectivity index (χ1n) is 4.12. The van der Waals surface area contributed by atoms with Crippen molar-refractivity contribution in [1.82, 2.24) is 4.90 Å². The first-order chi connectivity index (χ1) is 8.81. The number of aliphatic carboxylic acids is 1. The molecule has 1 unspecified atom stereocenters. The van der Waals surface area contributed by atoms with Gasteiger partial charge in [0.1, 0.15) is 0 Å². The summed E-state index contributed by atoms with van der Waals surface area (Å²) in [6.45, 7) is 0. The maximum Gasteiger partial charge on any atom is 0.472 e. The normalized spacial score (nSPS) is 17.0. The van der Waals surface area contributed by atoms with Crippen molar-refractivity contribution >= 4 is 5.97 Å². The molecule has 0 aromatic heterocycles. The van der Waals surface area contributed by atoms with E-state index in [2.05, 4.69) is 0 Å². The first kappa shape index (κ1) is 22.8. The van der Waals surface area contributed by atoms with Crippen molar-refractivity contribution < 1.29 is 67.3 Å². The van der Waals surface area contributed by atoms with Crippen molar-refractivity contribution in [1.29, 1.82) is 0 Å². The van der Waals surface area contributed by atoms with E-state index in [0.29, 0.717) is 0 Å². The fourth-order valence-electron chi connectivity index (χ4n) is 1.04. The second-order valence-electron chi connectivity index (χ2n) is 3.27. The second-order valence-corrected chi connectivity index (χ2v) is 3.27. The number of carboxylic acids is 1. The molecule has 0 fully saturated rings. The average molecular weight is 367 g/mol. The quantitative estimate of drug-likeness (QED) is 0.614. The summed E-state index contributed by atoms with van der Waals surface area (Å²) in [5.41, 5.74) is -7.16. The van der Waals surface area contributed by atoms with Crippen LogP contribution in [0.25, 0.3) is 0 Å². The van der Waals surface area contributed by atoms with Crippen LogP contribution in [0.4, 0.5) is 57.4 Å². The van der Waals surface area contributed by atoms with Crippen LogP contribution in [0, 0.1) is 0 Å². The van der Waals surface area contributed by atoms with Crippen molar-refractivity contribution in [3.8, 4) is 0 Å². The molecule has 1 N–H and O–H groups in total. The van der Waals surface area contributed by atoms with E-state index in [1.165, 1.54) is 0 Å². The largest absolute Gasteiger partial charge is 0.478 e. The molecule has 0 aromatic rings. The van der Waals surface area contributed by atoms with Crippen LogP contribution in [0.5, 0.6) is 0 Å². The number of hydrogen-bond acceptors (Lipinski definition) is 2.